The first-order valence-electron chi connectivity index (χ1n) is 7.98. The molecule has 1 fully saturated rings. The van der Waals surface area contributed by atoms with E-state index in [-0.39, 0.29) is 42.8 Å². The number of aromatic nitrogens is 3. The standard InChI is InChI=1S/C15H28N6O.2ClH/c1-11(16)13-7-5-6-8-21(13)15(22)10-19(3)9-14-18-17-12(2)20(14)4;;/h11,13H,5-10,16H2,1-4H3;2*1H. The quantitative estimate of drug-likeness (QED) is 0.827. The lowest BCUT2D eigenvalue weighted by atomic mass is 9.97. The van der Waals surface area contributed by atoms with Crippen molar-refractivity contribution in [3.8, 4) is 0 Å². The van der Waals surface area contributed by atoms with Crippen molar-refractivity contribution in [1.29, 1.82) is 0 Å². The molecule has 1 aromatic heterocycles. The van der Waals surface area contributed by atoms with Gasteiger partial charge in [-0.3, -0.25) is 9.69 Å². The summed E-state index contributed by atoms with van der Waals surface area (Å²) in [6, 6.07) is 0.197. The van der Waals surface area contributed by atoms with Crippen LogP contribution < -0.4 is 5.73 Å². The van der Waals surface area contributed by atoms with Gasteiger partial charge in [0.25, 0.3) is 0 Å². The molecule has 0 radical (unpaired) electrons. The van der Waals surface area contributed by atoms with Crippen LogP contribution in [0, 0.1) is 6.92 Å². The molecule has 0 aliphatic carbocycles. The van der Waals surface area contributed by atoms with E-state index in [2.05, 4.69) is 10.2 Å². The summed E-state index contributed by atoms with van der Waals surface area (Å²) < 4.78 is 1.95. The molecule has 1 aromatic rings. The first kappa shape index (κ1) is 23.1. The van der Waals surface area contributed by atoms with E-state index < -0.39 is 0 Å². The van der Waals surface area contributed by atoms with Crippen LogP contribution in [0.1, 0.15) is 37.8 Å². The highest BCUT2D eigenvalue weighted by molar-refractivity contribution is 5.85. The van der Waals surface area contributed by atoms with Gasteiger partial charge < -0.3 is 15.2 Å². The fraction of sp³-hybridized carbons (Fsp3) is 0.800. The number of likely N-dealkylation sites (N-methyl/N-ethyl adjacent to an activating group) is 1. The molecule has 9 heteroatoms. The van der Waals surface area contributed by atoms with Crippen molar-refractivity contribution >= 4 is 30.7 Å². The second-order valence-electron chi connectivity index (χ2n) is 6.40. The highest BCUT2D eigenvalue weighted by Crippen LogP contribution is 2.19. The van der Waals surface area contributed by atoms with Gasteiger partial charge in [-0.2, -0.15) is 0 Å². The highest BCUT2D eigenvalue weighted by Gasteiger charge is 2.29. The second-order valence-corrected chi connectivity index (χ2v) is 6.40. The van der Waals surface area contributed by atoms with E-state index in [1.54, 1.807) is 0 Å². The zero-order chi connectivity index (χ0) is 16.3. The largest absolute Gasteiger partial charge is 0.337 e. The van der Waals surface area contributed by atoms with E-state index in [1.165, 1.54) is 0 Å². The average molecular weight is 381 g/mol. The lowest BCUT2D eigenvalue weighted by Crippen LogP contribution is -2.53. The zero-order valence-electron chi connectivity index (χ0n) is 14.9. The number of hydrogen-bond donors (Lipinski definition) is 1. The van der Waals surface area contributed by atoms with Crippen molar-refractivity contribution in [2.24, 2.45) is 12.8 Å². The van der Waals surface area contributed by atoms with E-state index in [0.717, 1.165) is 37.5 Å². The minimum absolute atomic E-state index is 0. The highest BCUT2D eigenvalue weighted by atomic mass is 35.5. The van der Waals surface area contributed by atoms with E-state index in [1.807, 2.05) is 42.3 Å². The number of nitrogens with two attached hydrogens (primary N) is 1. The number of amides is 1. The molecule has 2 rings (SSSR count). The van der Waals surface area contributed by atoms with Crippen molar-refractivity contribution < 1.29 is 4.79 Å². The lowest BCUT2D eigenvalue weighted by Gasteiger charge is -2.38. The summed E-state index contributed by atoms with van der Waals surface area (Å²) in [5, 5.41) is 8.19. The maximum atomic E-state index is 12.6. The third-order valence-electron chi connectivity index (χ3n) is 4.48. The fourth-order valence-corrected chi connectivity index (χ4v) is 3.02. The molecule has 24 heavy (non-hydrogen) atoms. The minimum atomic E-state index is 0. The van der Waals surface area contributed by atoms with Crippen molar-refractivity contribution in [3.05, 3.63) is 11.6 Å². The topological polar surface area (TPSA) is 80.3 Å². The summed E-state index contributed by atoms with van der Waals surface area (Å²) in [4.78, 5) is 16.5. The Morgan fingerprint density at radius 3 is 2.58 bits per heavy atom. The number of piperidine rings is 1. The number of carbonyl (C=O) groups excluding carboxylic acids is 1. The monoisotopic (exact) mass is 380 g/mol. The number of halogens is 2. The van der Waals surface area contributed by atoms with Crippen LogP contribution >= 0.6 is 24.8 Å². The predicted molar refractivity (Wildman–Crippen MR) is 99.6 cm³/mol. The second kappa shape index (κ2) is 10.2. The lowest BCUT2D eigenvalue weighted by molar-refractivity contribution is -0.136. The molecule has 0 saturated carbocycles. The summed E-state index contributed by atoms with van der Waals surface area (Å²) in [6.45, 7) is 5.72. The van der Waals surface area contributed by atoms with E-state index in [0.29, 0.717) is 13.1 Å². The van der Waals surface area contributed by atoms with Crippen LogP contribution in [-0.2, 0) is 18.4 Å². The molecular formula is C15H30Cl2N6O. The molecule has 0 aromatic carbocycles. The van der Waals surface area contributed by atoms with Crippen molar-refractivity contribution in [2.75, 3.05) is 20.1 Å². The average Bonchev–Trinajstić information content (AvgIpc) is 2.79. The Kier molecular flexibility index (Phi) is 9.80. The Labute approximate surface area is 156 Å². The fourth-order valence-electron chi connectivity index (χ4n) is 3.02. The zero-order valence-corrected chi connectivity index (χ0v) is 16.6. The van der Waals surface area contributed by atoms with Crippen LogP contribution in [-0.4, -0.2) is 62.7 Å². The third kappa shape index (κ3) is 5.58. The summed E-state index contributed by atoms with van der Waals surface area (Å²) in [7, 11) is 3.88. The van der Waals surface area contributed by atoms with Gasteiger partial charge in [0.05, 0.1) is 13.1 Å². The van der Waals surface area contributed by atoms with Crippen LogP contribution in [0.2, 0.25) is 0 Å². The summed E-state index contributed by atoms with van der Waals surface area (Å²) in [5.74, 6) is 1.90. The van der Waals surface area contributed by atoms with Gasteiger partial charge in [0.2, 0.25) is 5.91 Å². The molecule has 0 spiro atoms. The first-order chi connectivity index (χ1) is 10.4. The van der Waals surface area contributed by atoms with Gasteiger partial charge in [0.15, 0.2) is 0 Å². The third-order valence-corrected chi connectivity index (χ3v) is 4.48. The number of likely N-dealkylation sites (tertiary alicyclic amines) is 1. The molecule has 2 unspecified atom stereocenters. The predicted octanol–water partition coefficient (Wildman–Crippen LogP) is 1.13. The molecular weight excluding hydrogens is 351 g/mol. The Balaban J connectivity index is 0.00000264. The van der Waals surface area contributed by atoms with Crippen LogP contribution in [0.4, 0.5) is 0 Å². The van der Waals surface area contributed by atoms with Gasteiger partial charge in [-0.1, -0.05) is 0 Å². The number of hydrogen-bond acceptors (Lipinski definition) is 5. The van der Waals surface area contributed by atoms with E-state index in [4.69, 9.17) is 5.73 Å². The summed E-state index contributed by atoms with van der Waals surface area (Å²) >= 11 is 0. The molecule has 2 atom stereocenters. The molecule has 1 saturated heterocycles. The molecule has 1 aliphatic heterocycles. The first-order valence-corrected chi connectivity index (χ1v) is 7.98. The minimum Gasteiger partial charge on any atom is -0.337 e. The van der Waals surface area contributed by atoms with Crippen LogP contribution in [0.15, 0.2) is 0 Å². The summed E-state index contributed by atoms with van der Waals surface area (Å²) in [6.07, 6.45) is 3.24. The van der Waals surface area contributed by atoms with E-state index in [9.17, 15) is 4.79 Å². The van der Waals surface area contributed by atoms with Gasteiger partial charge in [0.1, 0.15) is 11.6 Å². The van der Waals surface area contributed by atoms with Gasteiger partial charge in [-0.25, -0.2) is 0 Å². The normalized spacial score (nSPS) is 18.8. The maximum absolute atomic E-state index is 12.6. The van der Waals surface area contributed by atoms with Gasteiger partial charge in [0, 0.05) is 25.7 Å². The molecule has 7 nitrogen and oxygen atoms in total. The van der Waals surface area contributed by atoms with Gasteiger partial charge in [-0.15, -0.1) is 35.0 Å². The van der Waals surface area contributed by atoms with Gasteiger partial charge in [-0.05, 0) is 40.2 Å². The molecule has 140 valence electrons. The van der Waals surface area contributed by atoms with Crippen LogP contribution in [0.5, 0.6) is 0 Å². The summed E-state index contributed by atoms with van der Waals surface area (Å²) in [5.41, 5.74) is 6.04. The van der Waals surface area contributed by atoms with Crippen molar-refractivity contribution in [2.45, 2.75) is 51.7 Å². The van der Waals surface area contributed by atoms with Crippen LogP contribution in [0.25, 0.3) is 0 Å². The Bertz CT molecular complexity index is 522. The molecule has 2 N–H and O–H groups in total. The van der Waals surface area contributed by atoms with Gasteiger partial charge >= 0.3 is 0 Å². The number of aryl methyl sites for hydroxylation is 1. The van der Waals surface area contributed by atoms with Crippen LogP contribution in [0.3, 0.4) is 0 Å². The molecule has 1 amide bonds. The SMILES string of the molecule is Cc1nnc(CN(C)CC(=O)N2CCCCC2C(C)N)n1C.Cl.Cl. The Morgan fingerprint density at radius 2 is 2.04 bits per heavy atom. The smallest absolute Gasteiger partial charge is 0.237 e. The molecule has 2 heterocycles. The van der Waals surface area contributed by atoms with Crippen molar-refractivity contribution in [1.82, 2.24) is 24.6 Å². The van der Waals surface area contributed by atoms with E-state index >= 15 is 0 Å². The number of nitrogens with zero attached hydrogens (tertiary/aromatic N) is 5. The molecule has 0 bridgehead atoms. The number of carbonyl (C=O) groups is 1. The Morgan fingerprint density at radius 1 is 1.38 bits per heavy atom. The number of rotatable bonds is 5. The molecule has 1 aliphatic rings. The van der Waals surface area contributed by atoms with Crippen molar-refractivity contribution in [3.63, 3.8) is 0 Å². The Hall–Kier alpha value is -0.890. The maximum Gasteiger partial charge on any atom is 0.237 e.